The van der Waals surface area contributed by atoms with Crippen molar-refractivity contribution in [2.24, 2.45) is 0 Å². The number of carbonyl (C=O) groups excluding carboxylic acids is 3. The second-order valence-corrected chi connectivity index (χ2v) is 6.20. The van der Waals surface area contributed by atoms with Gasteiger partial charge in [-0.15, -0.1) is 0 Å². The third kappa shape index (κ3) is 2.41. The quantitative estimate of drug-likeness (QED) is 0.663. The van der Waals surface area contributed by atoms with Crippen molar-refractivity contribution in [3.8, 4) is 0 Å². The maximum absolute atomic E-state index is 12.7. The van der Waals surface area contributed by atoms with Crippen molar-refractivity contribution < 1.29 is 28.6 Å². The third-order valence-electron chi connectivity index (χ3n) is 4.52. The average Bonchev–Trinajstić information content (AvgIpc) is 3.05. The molecular formula is C18H15ClO6. The van der Waals surface area contributed by atoms with Crippen LogP contribution in [0.1, 0.15) is 51.5 Å². The lowest BCUT2D eigenvalue weighted by Gasteiger charge is -2.37. The number of ketones is 1. The predicted molar refractivity (Wildman–Crippen MR) is 87.9 cm³/mol. The van der Waals surface area contributed by atoms with Crippen molar-refractivity contribution in [1.82, 2.24) is 0 Å². The molecule has 0 bridgehead atoms. The van der Waals surface area contributed by atoms with Crippen LogP contribution < -0.4 is 0 Å². The first-order valence-electron chi connectivity index (χ1n) is 7.64. The molecule has 2 atom stereocenters. The molecule has 6 nitrogen and oxygen atoms in total. The molecule has 2 aromatic rings. The smallest absolute Gasteiger partial charge is 0.336 e. The second kappa shape index (κ2) is 6.13. The molecule has 1 aromatic heterocycles. The summed E-state index contributed by atoms with van der Waals surface area (Å²) in [5, 5.41) is 9.91. The Balaban J connectivity index is 2.33. The van der Waals surface area contributed by atoms with Gasteiger partial charge in [0, 0.05) is 11.1 Å². The van der Waals surface area contributed by atoms with Gasteiger partial charge in [0.2, 0.25) is 5.78 Å². The summed E-state index contributed by atoms with van der Waals surface area (Å²) in [4.78, 5) is 36.7. The van der Waals surface area contributed by atoms with E-state index in [1.807, 2.05) is 0 Å². The van der Waals surface area contributed by atoms with Gasteiger partial charge in [0.1, 0.15) is 6.26 Å². The molecule has 130 valence electrons. The van der Waals surface area contributed by atoms with Gasteiger partial charge in [0.25, 0.3) is 5.24 Å². The van der Waals surface area contributed by atoms with E-state index in [4.69, 9.17) is 20.8 Å². The fraction of sp³-hybridized carbons (Fsp3) is 0.278. The molecule has 1 aliphatic carbocycles. The molecule has 1 heterocycles. The number of hydrogen-bond acceptors (Lipinski definition) is 6. The highest BCUT2D eigenvalue weighted by Gasteiger charge is 2.52. The summed E-state index contributed by atoms with van der Waals surface area (Å²) in [6.07, 6.45) is -0.590. The monoisotopic (exact) mass is 362 g/mol. The molecule has 7 heteroatoms. The summed E-state index contributed by atoms with van der Waals surface area (Å²) < 4.78 is 10.2. The van der Waals surface area contributed by atoms with E-state index in [0.717, 1.165) is 6.26 Å². The number of benzene rings is 1. The van der Waals surface area contributed by atoms with E-state index < -0.39 is 28.5 Å². The van der Waals surface area contributed by atoms with Gasteiger partial charge in [-0.05, 0) is 31.0 Å². The molecule has 1 aromatic carbocycles. The van der Waals surface area contributed by atoms with Crippen molar-refractivity contribution in [1.29, 1.82) is 0 Å². The number of aliphatic hydroxyl groups excluding tert-OH is 1. The number of hydrogen-bond donors (Lipinski definition) is 1. The molecule has 0 aliphatic heterocycles. The minimum Gasteiger partial charge on any atom is -0.464 e. The largest absolute Gasteiger partial charge is 0.464 e. The van der Waals surface area contributed by atoms with Crippen molar-refractivity contribution in [3.63, 3.8) is 0 Å². The number of esters is 1. The van der Waals surface area contributed by atoms with Crippen LogP contribution in [-0.4, -0.2) is 34.8 Å². The normalized spacial score (nSPS) is 19.8. The number of halogens is 1. The molecule has 0 saturated carbocycles. The van der Waals surface area contributed by atoms with Crippen LogP contribution in [0.2, 0.25) is 0 Å². The third-order valence-corrected chi connectivity index (χ3v) is 4.72. The Labute approximate surface area is 148 Å². The number of rotatable bonds is 4. The van der Waals surface area contributed by atoms with Crippen molar-refractivity contribution in [2.75, 3.05) is 6.61 Å². The Morgan fingerprint density at radius 1 is 1.36 bits per heavy atom. The molecule has 25 heavy (non-hydrogen) atoms. The highest BCUT2D eigenvalue weighted by Crippen LogP contribution is 2.46. The molecule has 0 spiro atoms. The SMILES string of the molecule is CCOC(=O)[C@H](O)[C@]1(C)c2ccccc2C(=O)c2occ(C(=O)Cl)c21. The first-order valence-corrected chi connectivity index (χ1v) is 8.02. The van der Waals surface area contributed by atoms with E-state index in [-0.39, 0.29) is 29.1 Å². The van der Waals surface area contributed by atoms with Crippen LogP contribution in [0.15, 0.2) is 34.9 Å². The highest BCUT2D eigenvalue weighted by atomic mass is 35.5. The van der Waals surface area contributed by atoms with Gasteiger partial charge in [-0.2, -0.15) is 0 Å². The van der Waals surface area contributed by atoms with Crippen LogP contribution in [0.25, 0.3) is 0 Å². The zero-order valence-corrected chi connectivity index (χ0v) is 14.3. The Hall–Kier alpha value is -2.44. The number of carbonyl (C=O) groups is 3. The van der Waals surface area contributed by atoms with Gasteiger partial charge in [-0.3, -0.25) is 9.59 Å². The summed E-state index contributed by atoms with van der Waals surface area (Å²) in [6.45, 7) is 3.24. The Kier molecular flexibility index (Phi) is 4.26. The van der Waals surface area contributed by atoms with Gasteiger partial charge in [-0.25, -0.2) is 4.79 Å². The van der Waals surface area contributed by atoms with E-state index in [0.29, 0.717) is 5.56 Å². The molecule has 1 N–H and O–H groups in total. The standard InChI is InChI=1S/C18H15ClO6/c1-3-24-17(23)15(21)18(2)11-7-5-4-6-9(11)13(20)14-12(18)10(8-25-14)16(19)22/h4-8,15,21H,3H2,1-2H3/t15-,18+/m0/s1. The first-order chi connectivity index (χ1) is 11.8. The van der Waals surface area contributed by atoms with Crippen molar-refractivity contribution in [3.05, 3.63) is 58.5 Å². The van der Waals surface area contributed by atoms with Crippen molar-refractivity contribution >= 4 is 28.6 Å². The predicted octanol–water partition coefficient (Wildman–Crippen LogP) is 2.43. The van der Waals surface area contributed by atoms with Crippen LogP contribution in [-0.2, 0) is 14.9 Å². The highest BCUT2D eigenvalue weighted by molar-refractivity contribution is 6.68. The number of fused-ring (bicyclic) bond motifs is 2. The lowest BCUT2D eigenvalue weighted by atomic mass is 9.65. The molecule has 1 aliphatic rings. The summed E-state index contributed by atoms with van der Waals surface area (Å²) in [6, 6.07) is 6.53. The molecule has 0 radical (unpaired) electrons. The van der Waals surface area contributed by atoms with Gasteiger partial charge in [-0.1, -0.05) is 24.3 Å². The molecule has 3 rings (SSSR count). The van der Waals surface area contributed by atoms with Gasteiger partial charge < -0.3 is 14.3 Å². The molecule has 0 amide bonds. The van der Waals surface area contributed by atoms with E-state index in [1.54, 1.807) is 38.1 Å². The topological polar surface area (TPSA) is 93.8 Å². The molecule has 0 fully saturated rings. The van der Waals surface area contributed by atoms with Crippen LogP contribution in [0.4, 0.5) is 0 Å². The zero-order chi connectivity index (χ0) is 18.4. The number of aliphatic hydroxyl groups is 1. The van der Waals surface area contributed by atoms with E-state index >= 15 is 0 Å². The molecule has 0 unspecified atom stereocenters. The van der Waals surface area contributed by atoms with E-state index in [9.17, 15) is 19.5 Å². The maximum atomic E-state index is 12.7. The summed E-state index contributed by atoms with van der Waals surface area (Å²) in [7, 11) is 0. The van der Waals surface area contributed by atoms with Crippen LogP contribution in [0.3, 0.4) is 0 Å². The Morgan fingerprint density at radius 3 is 2.68 bits per heavy atom. The van der Waals surface area contributed by atoms with Gasteiger partial charge in [0.05, 0.1) is 17.6 Å². The second-order valence-electron chi connectivity index (χ2n) is 5.86. The lowest BCUT2D eigenvalue weighted by molar-refractivity contribution is -0.156. The van der Waals surface area contributed by atoms with E-state index in [2.05, 4.69) is 0 Å². The molecule has 0 saturated heterocycles. The Morgan fingerprint density at radius 2 is 2.04 bits per heavy atom. The average molecular weight is 363 g/mol. The zero-order valence-electron chi connectivity index (χ0n) is 13.5. The lowest BCUT2D eigenvalue weighted by Crippen LogP contribution is -2.48. The van der Waals surface area contributed by atoms with Crippen LogP contribution in [0.5, 0.6) is 0 Å². The summed E-state index contributed by atoms with van der Waals surface area (Å²) >= 11 is 5.62. The molecular weight excluding hydrogens is 348 g/mol. The van der Waals surface area contributed by atoms with Crippen LogP contribution in [0, 0.1) is 0 Å². The Bertz CT molecular complexity index is 883. The minimum absolute atomic E-state index is 0.0645. The fourth-order valence-corrected chi connectivity index (χ4v) is 3.46. The van der Waals surface area contributed by atoms with Gasteiger partial charge in [0.15, 0.2) is 11.9 Å². The first kappa shape index (κ1) is 17.4. The fourth-order valence-electron chi connectivity index (χ4n) is 3.32. The summed E-state index contributed by atoms with van der Waals surface area (Å²) in [5.41, 5.74) is -0.724. The van der Waals surface area contributed by atoms with Gasteiger partial charge >= 0.3 is 5.97 Å². The van der Waals surface area contributed by atoms with Crippen molar-refractivity contribution in [2.45, 2.75) is 25.4 Å². The van der Waals surface area contributed by atoms with E-state index in [1.165, 1.54) is 0 Å². The summed E-state index contributed by atoms with van der Waals surface area (Å²) in [5.74, 6) is -1.42. The minimum atomic E-state index is -1.66. The maximum Gasteiger partial charge on any atom is 0.336 e. The number of furan rings is 1. The number of ether oxygens (including phenoxy) is 1. The van der Waals surface area contributed by atoms with Crippen LogP contribution >= 0.6 is 11.6 Å².